The summed E-state index contributed by atoms with van der Waals surface area (Å²) in [6.07, 6.45) is 2.97. The fraction of sp³-hybridized carbons (Fsp3) is 0.625. The molecule has 0 amide bonds. The first kappa shape index (κ1) is 8.27. The quantitative estimate of drug-likeness (QED) is 0.613. The van der Waals surface area contributed by atoms with Gasteiger partial charge in [0.05, 0.1) is 12.6 Å². The monoisotopic (exact) mass is 154 g/mol. The van der Waals surface area contributed by atoms with Crippen LogP contribution in [0.2, 0.25) is 0 Å². The van der Waals surface area contributed by atoms with Gasteiger partial charge in [0.1, 0.15) is 0 Å². The standard InChI is InChI=1S/C8H14N2O/c1-6-4-3-5-11-8(10-6)7(2)9/h4,7H,3,5,9H2,1-2H3. The molecule has 62 valence electrons. The van der Waals surface area contributed by atoms with Crippen LogP contribution in [0, 0.1) is 0 Å². The highest BCUT2D eigenvalue weighted by Crippen LogP contribution is 2.05. The SMILES string of the molecule is CC1=CCCOC(C(C)N)=N1. The van der Waals surface area contributed by atoms with Crippen LogP contribution >= 0.6 is 0 Å². The van der Waals surface area contributed by atoms with Crippen molar-refractivity contribution in [3.8, 4) is 0 Å². The Bertz CT molecular complexity index is 194. The van der Waals surface area contributed by atoms with Gasteiger partial charge >= 0.3 is 0 Å². The van der Waals surface area contributed by atoms with E-state index in [1.54, 1.807) is 0 Å². The summed E-state index contributed by atoms with van der Waals surface area (Å²) >= 11 is 0. The second-order valence-corrected chi connectivity index (χ2v) is 2.72. The zero-order valence-electron chi connectivity index (χ0n) is 7.00. The molecular formula is C8H14N2O. The zero-order chi connectivity index (χ0) is 8.27. The Morgan fingerprint density at radius 1 is 1.73 bits per heavy atom. The molecule has 0 saturated carbocycles. The maximum absolute atomic E-state index is 5.62. The van der Waals surface area contributed by atoms with Crippen LogP contribution in [0.25, 0.3) is 0 Å². The predicted octanol–water partition coefficient (Wildman–Crippen LogP) is 1.06. The molecule has 1 aliphatic heterocycles. The normalized spacial score (nSPS) is 21.0. The third kappa shape index (κ3) is 2.35. The first-order valence-electron chi connectivity index (χ1n) is 3.84. The third-order valence-corrected chi connectivity index (χ3v) is 1.48. The summed E-state index contributed by atoms with van der Waals surface area (Å²) < 4.78 is 5.31. The highest BCUT2D eigenvalue weighted by Gasteiger charge is 2.08. The highest BCUT2D eigenvalue weighted by molar-refractivity contribution is 5.82. The fourth-order valence-corrected chi connectivity index (χ4v) is 0.916. The Labute approximate surface area is 66.9 Å². The molecule has 0 spiro atoms. The van der Waals surface area contributed by atoms with Gasteiger partial charge in [0, 0.05) is 12.1 Å². The Morgan fingerprint density at radius 3 is 3.09 bits per heavy atom. The van der Waals surface area contributed by atoms with Crippen LogP contribution in [0.3, 0.4) is 0 Å². The number of nitrogens with zero attached hydrogens (tertiary/aromatic N) is 1. The molecule has 0 radical (unpaired) electrons. The van der Waals surface area contributed by atoms with Gasteiger partial charge in [0.2, 0.25) is 5.90 Å². The number of aliphatic imine (C=N–C) groups is 1. The summed E-state index contributed by atoms with van der Waals surface area (Å²) in [4.78, 5) is 4.21. The van der Waals surface area contributed by atoms with E-state index >= 15 is 0 Å². The smallest absolute Gasteiger partial charge is 0.205 e. The van der Waals surface area contributed by atoms with Crippen LogP contribution in [-0.2, 0) is 4.74 Å². The lowest BCUT2D eigenvalue weighted by Crippen LogP contribution is -2.28. The molecule has 2 N–H and O–H groups in total. The van der Waals surface area contributed by atoms with Crippen molar-refractivity contribution in [1.82, 2.24) is 0 Å². The number of nitrogens with two attached hydrogens (primary N) is 1. The minimum absolute atomic E-state index is 0.101. The van der Waals surface area contributed by atoms with Crippen molar-refractivity contribution < 1.29 is 4.74 Å². The van der Waals surface area contributed by atoms with Gasteiger partial charge in [0.15, 0.2) is 0 Å². The second kappa shape index (κ2) is 3.53. The fourth-order valence-electron chi connectivity index (χ4n) is 0.916. The molecule has 11 heavy (non-hydrogen) atoms. The maximum atomic E-state index is 5.62. The van der Waals surface area contributed by atoms with Gasteiger partial charge in [-0.25, -0.2) is 4.99 Å². The number of hydrogen-bond acceptors (Lipinski definition) is 3. The Morgan fingerprint density at radius 2 is 2.45 bits per heavy atom. The third-order valence-electron chi connectivity index (χ3n) is 1.48. The Hall–Kier alpha value is -0.830. The van der Waals surface area contributed by atoms with Gasteiger partial charge in [-0.15, -0.1) is 0 Å². The lowest BCUT2D eigenvalue weighted by atomic mass is 10.3. The number of ether oxygens (including phenoxy) is 1. The molecule has 1 aliphatic rings. The molecule has 0 aromatic heterocycles. The van der Waals surface area contributed by atoms with Crippen LogP contribution in [-0.4, -0.2) is 18.5 Å². The molecule has 0 bridgehead atoms. The lowest BCUT2D eigenvalue weighted by molar-refractivity contribution is 0.301. The van der Waals surface area contributed by atoms with Crippen molar-refractivity contribution >= 4 is 5.90 Å². The van der Waals surface area contributed by atoms with Crippen LogP contribution < -0.4 is 5.73 Å². The minimum Gasteiger partial charge on any atom is -0.479 e. The molecule has 3 heteroatoms. The molecule has 0 fully saturated rings. The molecule has 1 rings (SSSR count). The predicted molar refractivity (Wildman–Crippen MR) is 45.4 cm³/mol. The molecular weight excluding hydrogens is 140 g/mol. The Kier molecular flexibility index (Phi) is 2.65. The van der Waals surface area contributed by atoms with E-state index in [4.69, 9.17) is 10.5 Å². The topological polar surface area (TPSA) is 47.6 Å². The van der Waals surface area contributed by atoms with Crippen molar-refractivity contribution in [3.05, 3.63) is 11.8 Å². The molecule has 3 nitrogen and oxygen atoms in total. The van der Waals surface area contributed by atoms with Crippen LogP contribution in [0.15, 0.2) is 16.8 Å². The molecule has 1 unspecified atom stereocenters. The highest BCUT2D eigenvalue weighted by atomic mass is 16.5. The first-order chi connectivity index (χ1) is 5.20. The van der Waals surface area contributed by atoms with E-state index in [9.17, 15) is 0 Å². The van der Waals surface area contributed by atoms with Crippen molar-refractivity contribution in [3.63, 3.8) is 0 Å². The average Bonchev–Trinajstić information content (AvgIpc) is 2.13. The van der Waals surface area contributed by atoms with Crippen molar-refractivity contribution in [2.45, 2.75) is 26.3 Å². The summed E-state index contributed by atoms with van der Waals surface area (Å²) in [5.41, 5.74) is 6.61. The van der Waals surface area contributed by atoms with Crippen LogP contribution in [0.4, 0.5) is 0 Å². The van der Waals surface area contributed by atoms with Crippen molar-refractivity contribution in [1.29, 1.82) is 0 Å². The van der Waals surface area contributed by atoms with E-state index in [1.165, 1.54) is 0 Å². The van der Waals surface area contributed by atoms with Crippen molar-refractivity contribution in [2.24, 2.45) is 10.7 Å². The van der Waals surface area contributed by atoms with Crippen LogP contribution in [0.5, 0.6) is 0 Å². The molecule has 0 aromatic rings. The molecule has 0 aliphatic carbocycles. The van der Waals surface area contributed by atoms with Gasteiger partial charge in [-0.05, 0) is 13.8 Å². The maximum Gasteiger partial charge on any atom is 0.205 e. The number of allylic oxidation sites excluding steroid dienone is 1. The first-order valence-corrected chi connectivity index (χ1v) is 3.84. The molecule has 0 saturated heterocycles. The van der Waals surface area contributed by atoms with E-state index in [2.05, 4.69) is 11.1 Å². The van der Waals surface area contributed by atoms with Gasteiger partial charge in [-0.1, -0.05) is 6.08 Å². The summed E-state index contributed by atoms with van der Waals surface area (Å²) in [5.74, 6) is 0.649. The van der Waals surface area contributed by atoms with E-state index in [-0.39, 0.29) is 6.04 Å². The summed E-state index contributed by atoms with van der Waals surface area (Å²) in [6.45, 7) is 4.52. The molecule has 0 aromatic carbocycles. The Balaban J connectivity index is 2.71. The summed E-state index contributed by atoms with van der Waals surface area (Å²) in [6, 6.07) is -0.101. The van der Waals surface area contributed by atoms with Crippen LogP contribution in [0.1, 0.15) is 20.3 Å². The largest absolute Gasteiger partial charge is 0.479 e. The average molecular weight is 154 g/mol. The van der Waals surface area contributed by atoms with E-state index in [0.29, 0.717) is 12.5 Å². The minimum atomic E-state index is -0.101. The zero-order valence-corrected chi connectivity index (χ0v) is 7.00. The molecule has 1 heterocycles. The van der Waals surface area contributed by atoms with E-state index < -0.39 is 0 Å². The second-order valence-electron chi connectivity index (χ2n) is 2.72. The van der Waals surface area contributed by atoms with Gasteiger partial charge in [0.25, 0.3) is 0 Å². The van der Waals surface area contributed by atoms with Gasteiger partial charge < -0.3 is 10.5 Å². The lowest BCUT2D eigenvalue weighted by Gasteiger charge is -2.08. The van der Waals surface area contributed by atoms with Gasteiger partial charge in [-0.3, -0.25) is 0 Å². The summed E-state index contributed by atoms with van der Waals surface area (Å²) in [5, 5.41) is 0. The van der Waals surface area contributed by atoms with Gasteiger partial charge in [-0.2, -0.15) is 0 Å². The molecule has 1 atom stereocenters. The van der Waals surface area contributed by atoms with E-state index in [0.717, 1.165) is 12.1 Å². The number of hydrogen-bond donors (Lipinski definition) is 1. The van der Waals surface area contributed by atoms with E-state index in [1.807, 2.05) is 13.8 Å². The summed E-state index contributed by atoms with van der Waals surface area (Å²) in [7, 11) is 0. The van der Waals surface area contributed by atoms with Crippen molar-refractivity contribution in [2.75, 3.05) is 6.61 Å². The number of rotatable bonds is 1.